The molecule has 0 spiro atoms. The standard InChI is InChI=1S/C37H46N6OS3/c1-6-8-11-27(20-26(5)7-2)33-24-45-36(42-33)40-30-13-9-12-28(21-30)35(44)38-18-10-19-43(23-25(3)4)47-31-16-17-32-34(22-31)46-37(41-32)39-29-14-15-29/h6,8-9,11-13,16-17,20-22,24-25,29H,7,10,14-15,18-19,23H2,1-5H3,(H,38,44)(H,39,41)(H,40,42)/b8-6-,26-20?,27-11+. The lowest BCUT2D eigenvalue weighted by Crippen LogP contribution is -2.28. The fraction of sp³-hybridized carbons (Fsp3) is 0.378. The molecule has 0 atom stereocenters. The molecule has 0 bridgehead atoms. The number of nitrogens with one attached hydrogen (secondary N) is 3. The van der Waals surface area contributed by atoms with E-state index in [2.05, 4.69) is 83.7 Å². The van der Waals surface area contributed by atoms with Crippen LogP contribution in [0.5, 0.6) is 0 Å². The predicted molar refractivity (Wildman–Crippen MR) is 204 cm³/mol. The van der Waals surface area contributed by atoms with Gasteiger partial charge in [0.05, 0.1) is 15.9 Å². The van der Waals surface area contributed by atoms with E-state index in [0.717, 1.165) is 58.7 Å². The maximum absolute atomic E-state index is 13.1. The first kappa shape index (κ1) is 34.9. The van der Waals surface area contributed by atoms with Crippen LogP contribution in [0.1, 0.15) is 76.4 Å². The lowest BCUT2D eigenvalue weighted by atomic mass is 10.1. The fourth-order valence-electron chi connectivity index (χ4n) is 4.82. The summed E-state index contributed by atoms with van der Waals surface area (Å²) in [4.78, 5) is 23.9. The zero-order valence-electron chi connectivity index (χ0n) is 28.0. The van der Waals surface area contributed by atoms with E-state index in [-0.39, 0.29) is 5.91 Å². The van der Waals surface area contributed by atoms with Gasteiger partial charge in [-0.3, -0.25) is 4.79 Å². The summed E-state index contributed by atoms with van der Waals surface area (Å²) in [6.45, 7) is 13.3. The van der Waals surface area contributed by atoms with Crippen molar-refractivity contribution in [3.8, 4) is 0 Å². The molecule has 1 fully saturated rings. The lowest BCUT2D eigenvalue weighted by Gasteiger charge is -2.23. The Morgan fingerprint density at radius 2 is 2.00 bits per heavy atom. The largest absolute Gasteiger partial charge is 0.359 e. The average Bonchev–Trinajstić information content (AvgIpc) is 3.59. The van der Waals surface area contributed by atoms with Gasteiger partial charge >= 0.3 is 0 Å². The monoisotopic (exact) mass is 686 g/mol. The van der Waals surface area contributed by atoms with Gasteiger partial charge in [0.2, 0.25) is 0 Å². The smallest absolute Gasteiger partial charge is 0.251 e. The molecule has 1 amide bonds. The molecular formula is C37H46N6OS3. The molecule has 2 heterocycles. The highest BCUT2D eigenvalue weighted by molar-refractivity contribution is 7.97. The number of benzene rings is 2. The van der Waals surface area contributed by atoms with Crippen LogP contribution in [-0.2, 0) is 0 Å². The average molecular weight is 687 g/mol. The van der Waals surface area contributed by atoms with Gasteiger partial charge < -0.3 is 16.0 Å². The van der Waals surface area contributed by atoms with Crippen molar-refractivity contribution in [1.29, 1.82) is 0 Å². The first-order valence-electron chi connectivity index (χ1n) is 16.5. The van der Waals surface area contributed by atoms with Crippen molar-refractivity contribution >= 4 is 72.3 Å². The highest BCUT2D eigenvalue weighted by Crippen LogP contribution is 2.34. The Labute approximate surface area is 291 Å². The number of hydrogen-bond donors (Lipinski definition) is 3. The van der Waals surface area contributed by atoms with Crippen molar-refractivity contribution < 1.29 is 4.79 Å². The zero-order chi connectivity index (χ0) is 33.2. The van der Waals surface area contributed by atoms with Crippen LogP contribution >= 0.6 is 34.6 Å². The van der Waals surface area contributed by atoms with Gasteiger partial charge in [-0.05, 0) is 93.8 Å². The van der Waals surface area contributed by atoms with Crippen LogP contribution in [-0.4, -0.2) is 45.9 Å². The summed E-state index contributed by atoms with van der Waals surface area (Å²) in [6, 6.07) is 14.8. The molecule has 3 N–H and O–H groups in total. The highest BCUT2D eigenvalue weighted by atomic mass is 32.2. The molecule has 7 nitrogen and oxygen atoms in total. The number of anilines is 3. The van der Waals surface area contributed by atoms with Gasteiger partial charge in [-0.25, -0.2) is 14.3 Å². The molecule has 1 saturated carbocycles. The number of hydrogen-bond acceptors (Lipinski definition) is 9. The van der Waals surface area contributed by atoms with Crippen LogP contribution in [0, 0.1) is 5.92 Å². The summed E-state index contributed by atoms with van der Waals surface area (Å²) >= 11 is 5.08. The Morgan fingerprint density at radius 3 is 2.77 bits per heavy atom. The molecule has 2 aromatic carbocycles. The number of amides is 1. The van der Waals surface area contributed by atoms with Crippen molar-refractivity contribution in [2.24, 2.45) is 5.92 Å². The molecule has 1 aliphatic carbocycles. The van der Waals surface area contributed by atoms with Gasteiger partial charge in [-0.2, -0.15) is 0 Å². The molecule has 1 aliphatic rings. The quantitative estimate of drug-likeness (QED) is 0.0579. The third-order valence-electron chi connectivity index (χ3n) is 7.54. The number of carbonyl (C=O) groups excluding carboxylic acids is 1. The maximum atomic E-state index is 13.1. The SMILES string of the molecule is C/C=C\C=C(/C=C(C)CC)c1csc(Nc2cccc(C(=O)NCCCN(CC(C)C)Sc3ccc4nc(NC5CC5)sc4c3)c2)n1. The van der Waals surface area contributed by atoms with Crippen molar-refractivity contribution in [1.82, 2.24) is 19.6 Å². The molecule has 10 heteroatoms. The second kappa shape index (κ2) is 17.1. The lowest BCUT2D eigenvalue weighted by molar-refractivity contribution is 0.0952. The molecule has 5 rings (SSSR count). The van der Waals surface area contributed by atoms with E-state index < -0.39 is 0 Å². The van der Waals surface area contributed by atoms with Gasteiger partial charge in [0, 0.05) is 52.8 Å². The van der Waals surface area contributed by atoms with Crippen LogP contribution in [0.15, 0.2) is 82.6 Å². The third-order valence-corrected chi connectivity index (χ3v) is 10.3. The molecule has 0 unspecified atom stereocenters. The van der Waals surface area contributed by atoms with Gasteiger partial charge in [0.15, 0.2) is 10.3 Å². The summed E-state index contributed by atoms with van der Waals surface area (Å²) in [6.07, 6.45) is 12.7. The van der Waals surface area contributed by atoms with E-state index in [1.807, 2.05) is 43.3 Å². The van der Waals surface area contributed by atoms with Crippen LogP contribution in [0.2, 0.25) is 0 Å². The van der Waals surface area contributed by atoms with E-state index in [1.165, 1.54) is 28.0 Å². The van der Waals surface area contributed by atoms with Crippen LogP contribution in [0.25, 0.3) is 15.8 Å². The molecule has 0 radical (unpaired) electrons. The van der Waals surface area contributed by atoms with Gasteiger partial charge in [0.1, 0.15) is 0 Å². The summed E-state index contributed by atoms with van der Waals surface area (Å²) in [7, 11) is 0. The van der Waals surface area contributed by atoms with E-state index in [0.29, 0.717) is 24.1 Å². The Balaban J connectivity index is 1.13. The highest BCUT2D eigenvalue weighted by Gasteiger charge is 2.22. The Hall–Kier alpha value is -3.44. The van der Waals surface area contributed by atoms with E-state index in [4.69, 9.17) is 9.97 Å². The second-order valence-electron chi connectivity index (χ2n) is 12.3. The minimum absolute atomic E-state index is 0.0699. The summed E-state index contributed by atoms with van der Waals surface area (Å²) in [5.74, 6) is 0.468. The van der Waals surface area contributed by atoms with Crippen molar-refractivity contribution in [3.05, 3.63) is 89.0 Å². The molecule has 4 aromatic rings. The first-order valence-corrected chi connectivity index (χ1v) is 19.0. The number of rotatable bonds is 17. The number of nitrogens with zero attached hydrogens (tertiary/aromatic N) is 3. The minimum Gasteiger partial charge on any atom is -0.359 e. The number of aromatic nitrogens is 2. The van der Waals surface area contributed by atoms with Gasteiger partial charge in [0.25, 0.3) is 5.91 Å². The number of thiazole rings is 2. The maximum Gasteiger partial charge on any atom is 0.251 e. The molecule has 2 aromatic heterocycles. The Kier molecular flexibility index (Phi) is 12.7. The molecule has 0 saturated heterocycles. The summed E-state index contributed by atoms with van der Waals surface area (Å²) < 4.78 is 3.63. The van der Waals surface area contributed by atoms with Crippen molar-refractivity contribution in [2.45, 2.75) is 71.2 Å². The van der Waals surface area contributed by atoms with Crippen LogP contribution in [0.3, 0.4) is 0 Å². The van der Waals surface area contributed by atoms with Crippen LogP contribution < -0.4 is 16.0 Å². The fourth-order valence-corrected chi connectivity index (χ4v) is 7.80. The van der Waals surface area contributed by atoms with Crippen molar-refractivity contribution in [2.75, 3.05) is 30.3 Å². The second-order valence-corrected chi connectivity index (χ2v) is 15.3. The normalized spacial score (nSPS) is 14.1. The van der Waals surface area contributed by atoms with Gasteiger partial charge in [-0.15, -0.1) is 11.3 Å². The van der Waals surface area contributed by atoms with Crippen molar-refractivity contribution in [3.63, 3.8) is 0 Å². The Bertz CT molecular complexity index is 1730. The topological polar surface area (TPSA) is 82.2 Å². The number of carbonyl (C=O) groups is 1. The summed E-state index contributed by atoms with van der Waals surface area (Å²) in [5, 5.41) is 13.9. The zero-order valence-corrected chi connectivity index (χ0v) is 30.5. The van der Waals surface area contributed by atoms with E-state index in [1.54, 1.807) is 34.6 Å². The molecule has 248 valence electrons. The molecule has 47 heavy (non-hydrogen) atoms. The first-order chi connectivity index (χ1) is 22.8. The molecule has 0 aliphatic heterocycles. The minimum atomic E-state index is -0.0699. The van der Waals surface area contributed by atoms with E-state index >= 15 is 0 Å². The molecular weight excluding hydrogens is 641 g/mol. The predicted octanol–water partition coefficient (Wildman–Crippen LogP) is 10.2. The summed E-state index contributed by atoms with van der Waals surface area (Å²) in [5.41, 5.74) is 5.84. The van der Waals surface area contributed by atoms with Gasteiger partial charge in [-0.1, -0.05) is 68.1 Å². The van der Waals surface area contributed by atoms with Crippen LogP contribution in [0.4, 0.5) is 16.0 Å². The number of fused-ring (bicyclic) bond motifs is 1. The van der Waals surface area contributed by atoms with E-state index in [9.17, 15) is 4.79 Å². The third kappa shape index (κ3) is 10.8. The Morgan fingerprint density at radius 1 is 1.15 bits per heavy atom. The number of allylic oxidation sites excluding steroid dienone is 6.